The first kappa shape index (κ1) is 24.3. The molecule has 0 saturated carbocycles. The van der Waals surface area contributed by atoms with E-state index < -0.39 is 0 Å². The lowest BCUT2D eigenvalue weighted by molar-refractivity contribution is 0.122. The summed E-state index contributed by atoms with van der Waals surface area (Å²) in [6, 6.07) is 11.1. The largest absolute Gasteiger partial charge is 0.493 e. The van der Waals surface area contributed by atoms with E-state index in [0.29, 0.717) is 66.8 Å². The smallest absolute Gasteiger partial charge is 0.231 e. The van der Waals surface area contributed by atoms with Crippen LogP contribution in [0.3, 0.4) is 0 Å². The van der Waals surface area contributed by atoms with Crippen molar-refractivity contribution in [1.82, 2.24) is 19.9 Å². The van der Waals surface area contributed by atoms with Crippen molar-refractivity contribution in [1.29, 1.82) is 0 Å². The number of ether oxygens (including phenoxy) is 5. The summed E-state index contributed by atoms with van der Waals surface area (Å²) < 4.78 is 27.1. The summed E-state index contributed by atoms with van der Waals surface area (Å²) in [5, 5.41) is 6.55. The number of anilines is 5. The molecule has 194 valence electrons. The average molecular weight is 508 g/mol. The van der Waals surface area contributed by atoms with Crippen LogP contribution in [0.25, 0.3) is 11.2 Å². The zero-order valence-corrected chi connectivity index (χ0v) is 21.1. The van der Waals surface area contributed by atoms with Gasteiger partial charge in [-0.25, -0.2) is 0 Å². The molecule has 1 aliphatic heterocycles. The van der Waals surface area contributed by atoms with Crippen molar-refractivity contribution in [3.8, 4) is 23.0 Å². The van der Waals surface area contributed by atoms with E-state index in [1.807, 2.05) is 36.4 Å². The van der Waals surface area contributed by atoms with E-state index in [2.05, 4.69) is 25.5 Å². The summed E-state index contributed by atoms with van der Waals surface area (Å²) in [5.41, 5.74) is 2.77. The zero-order chi connectivity index (χ0) is 25.8. The van der Waals surface area contributed by atoms with Gasteiger partial charge in [0.1, 0.15) is 5.52 Å². The quantitative estimate of drug-likeness (QED) is 0.307. The van der Waals surface area contributed by atoms with Gasteiger partial charge in [0.25, 0.3) is 0 Å². The predicted molar refractivity (Wildman–Crippen MR) is 140 cm³/mol. The van der Waals surface area contributed by atoms with Gasteiger partial charge >= 0.3 is 0 Å². The highest BCUT2D eigenvalue weighted by molar-refractivity contribution is 5.87. The second-order valence-electron chi connectivity index (χ2n) is 8.14. The lowest BCUT2D eigenvalue weighted by atomic mass is 10.3. The number of hydrogen-bond acceptors (Lipinski definition) is 11. The fraction of sp³-hybridized carbons (Fsp3) is 0.320. The van der Waals surface area contributed by atoms with Crippen LogP contribution in [-0.2, 0) is 4.74 Å². The van der Waals surface area contributed by atoms with Crippen LogP contribution < -0.4 is 34.5 Å². The van der Waals surface area contributed by atoms with Crippen LogP contribution >= 0.6 is 0 Å². The van der Waals surface area contributed by atoms with Gasteiger partial charge < -0.3 is 44.2 Å². The predicted octanol–water partition coefficient (Wildman–Crippen LogP) is 3.71. The average Bonchev–Trinajstić information content (AvgIpc) is 3.35. The Labute approximate surface area is 213 Å². The Balaban J connectivity index is 1.50. The number of benzene rings is 2. The molecule has 37 heavy (non-hydrogen) atoms. The molecule has 3 N–H and O–H groups in total. The van der Waals surface area contributed by atoms with Crippen LogP contribution in [0.5, 0.6) is 23.0 Å². The van der Waals surface area contributed by atoms with E-state index in [-0.39, 0.29) is 0 Å². The number of methoxy groups -OCH3 is 4. The summed E-state index contributed by atoms with van der Waals surface area (Å²) >= 11 is 0. The van der Waals surface area contributed by atoms with Crippen LogP contribution in [0.1, 0.15) is 0 Å². The number of morpholine rings is 1. The van der Waals surface area contributed by atoms with Gasteiger partial charge in [0, 0.05) is 36.6 Å². The van der Waals surface area contributed by atoms with Gasteiger partial charge in [-0.1, -0.05) is 0 Å². The van der Waals surface area contributed by atoms with Crippen molar-refractivity contribution in [3.05, 3.63) is 36.4 Å². The number of rotatable bonds is 9. The maximum absolute atomic E-state index is 5.54. The third-order valence-electron chi connectivity index (χ3n) is 5.93. The van der Waals surface area contributed by atoms with E-state index in [1.54, 1.807) is 28.4 Å². The minimum Gasteiger partial charge on any atom is -0.493 e. The first-order chi connectivity index (χ1) is 18.1. The zero-order valence-electron chi connectivity index (χ0n) is 21.1. The number of nitrogens with one attached hydrogen (secondary N) is 3. The number of imidazole rings is 1. The van der Waals surface area contributed by atoms with Gasteiger partial charge in [0.2, 0.25) is 11.9 Å². The molecule has 4 aromatic rings. The Morgan fingerprint density at radius 2 is 1.35 bits per heavy atom. The van der Waals surface area contributed by atoms with E-state index in [4.69, 9.17) is 33.7 Å². The fourth-order valence-corrected chi connectivity index (χ4v) is 4.10. The van der Waals surface area contributed by atoms with Crippen molar-refractivity contribution >= 4 is 40.3 Å². The topological polar surface area (TPSA) is 128 Å². The lowest BCUT2D eigenvalue weighted by Gasteiger charge is -2.28. The number of nitrogens with zero attached hydrogens (tertiary/aromatic N) is 4. The molecule has 1 saturated heterocycles. The number of H-pyrrole nitrogens is 1. The van der Waals surface area contributed by atoms with Crippen molar-refractivity contribution in [2.75, 3.05) is 70.3 Å². The molecule has 0 aliphatic carbocycles. The normalized spacial score (nSPS) is 13.4. The summed E-state index contributed by atoms with van der Waals surface area (Å²) in [5.74, 6) is 4.16. The van der Waals surface area contributed by atoms with Gasteiger partial charge in [0.05, 0.1) is 41.7 Å². The number of fused-ring (bicyclic) bond motifs is 1. The van der Waals surface area contributed by atoms with Gasteiger partial charge in [-0.2, -0.15) is 15.0 Å². The van der Waals surface area contributed by atoms with E-state index >= 15 is 0 Å². The first-order valence-corrected chi connectivity index (χ1v) is 11.7. The van der Waals surface area contributed by atoms with Crippen LogP contribution in [0.2, 0.25) is 0 Å². The number of hydrogen-bond donors (Lipinski definition) is 3. The summed E-state index contributed by atoms with van der Waals surface area (Å²) in [6.45, 7) is 2.66. The molecule has 0 radical (unpaired) electrons. The molecule has 0 atom stereocenters. The Hall–Kier alpha value is -4.45. The van der Waals surface area contributed by atoms with E-state index in [9.17, 15) is 0 Å². The Morgan fingerprint density at radius 1 is 0.757 bits per heavy atom. The third kappa shape index (κ3) is 5.09. The maximum Gasteiger partial charge on any atom is 0.231 e. The van der Waals surface area contributed by atoms with E-state index in [1.165, 1.54) is 0 Å². The van der Waals surface area contributed by atoms with Crippen molar-refractivity contribution in [2.24, 2.45) is 0 Å². The molecular weight excluding hydrogens is 478 g/mol. The molecule has 0 spiro atoms. The van der Waals surface area contributed by atoms with Gasteiger partial charge in [-0.15, -0.1) is 0 Å². The van der Waals surface area contributed by atoms with Gasteiger partial charge in [0.15, 0.2) is 34.5 Å². The Kier molecular flexibility index (Phi) is 6.99. The van der Waals surface area contributed by atoms with Crippen LogP contribution in [0.4, 0.5) is 29.1 Å². The highest BCUT2D eigenvalue weighted by Gasteiger charge is 2.21. The van der Waals surface area contributed by atoms with E-state index in [0.717, 1.165) is 22.7 Å². The summed E-state index contributed by atoms with van der Waals surface area (Å²) in [7, 11) is 6.39. The second kappa shape index (κ2) is 10.7. The molecule has 1 fully saturated rings. The lowest BCUT2D eigenvalue weighted by Crippen LogP contribution is -2.37. The molecule has 0 bridgehead atoms. The van der Waals surface area contributed by atoms with Crippen molar-refractivity contribution < 1.29 is 23.7 Å². The third-order valence-corrected chi connectivity index (χ3v) is 5.93. The minimum absolute atomic E-state index is 0.408. The summed E-state index contributed by atoms with van der Waals surface area (Å²) in [6.07, 6.45) is 0. The molecule has 0 unspecified atom stereocenters. The molecule has 3 heterocycles. The molecule has 12 nitrogen and oxygen atoms in total. The number of aromatic nitrogens is 4. The minimum atomic E-state index is 0.408. The highest BCUT2D eigenvalue weighted by atomic mass is 16.5. The Morgan fingerprint density at radius 3 is 1.95 bits per heavy atom. The molecule has 0 amide bonds. The van der Waals surface area contributed by atoms with Crippen LogP contribution in [0.15, 0.2) is 36.4 Å². The SMILES string of the molecule is COc1ccc(Nc2nc(N3CCOCC3)c3[nH]c(Nc4ccc(OC)c(OC)c4)nc3n2)cc1OC. The molecule has 2 aromatic carbocycles. The van der Waals surface area contributed by atoms with Gasteiger partial charge in [-0.3, -0.25) is 0 Å². The Bertz CT molecular complexity index is 1390. The van der Waals surface area contributed by atoms with Crippen LogP contribution in [0, 0.1) is 0 Å². The number of aromatic amines is 1. The standard InChI is InChI=1S/C25H29N7O5/c1-33-17-7-5-15(13-19(17)35-3)26-24-28-21-22(29-24)30-25(31-23(21)32-9-11-37-12-10-32)27-16-6-8-18(34-2)20(14-16)36-4/h5-8,13-14H,9-12H2,1-4H3,(H3,26,27,28,29,30,31). The molecule has 12 heteroatoms. The second-order valence-corrected chi connectivity index (χ2v) is 8.14. The molecule has 5 rings (SSSR count). The summed E-state index contributed by atoms with van der Waals surface area (Å²) in [4.78, 5) is 19.7. The molecule has 2 aromatic heterocycles. The van der Waals surface area contributed by atoms with Crippen molar-refractivity contribution in [3.63, 3.8) is 0 Å². The van der Waals surface area contributed by atoms with Crippen LogP contribution in [-0.4, -0.2) is 74.7 Å². The fourth-order valence-electron chi connectivity index (χ4n) is 4.10. The molecule has 1 aliphatic rings. The maximum atomic E-state index is 5.54. The van der Waals surface area contributed by atoms with Crippen molar-refractivity contribution in [2.45, 2.75) is 0 Å². The highest BCUT2D eigenvalue weighted by Crippen LogP contribution is 2.34. The van der Waals surface area contributed by atoms with Gasteiger partial charge in [-0.05, 0) is 24.3 Å². The first-order valence-electron chi connectivity index (χ1n) is 11.7. The molecular formula is C25H29N7O5. The monoisotopic (exact) mass is 507 g/mol.